The zero-order chi connectivity index (χ0) is 64.5. The number of nitrogens with one attached hydrogen (secondary N) is 1. The van der Waals surface area contributed by atoms with Crippen LogP contribution in [0.1, 0.15) is 143 Å². The molecule has 0 spiro atoms. The Bertz CT molecular complexity index is 3470. The summed E-state index contributed by atoms with van der Waals surface area (Å²) in [6.07, 6.45) is 1.96. The number of nitrogens with two attached hydrogens (primary N) is 2. The van der Waals surface area contributed by atoms with Gasteiger partial charge in [-0.25, -0.2) is 0 Å². The SMILES string of the molecule is CC.CC.CC.CC.CC.CC.CN1CCN(c2cccc3c(Cc4ccccc4)c(C#N)oc23)CC1.CN1CCN(c2cccc3c(Cc4ccccc4)c(C(N)=O)oc23)CC1.NC(=O)c1oc2c(N3CCNCC3)cccc2c1Cc1ccccc1. The van der Waals surface area contributed by atoms with Crippen LogP contribution in [0.5, 0.6) is 0 Å². The summed E-state index contributed by atoms with van der Waals surface area (Å²) in [4.78, 5) is 35.6. The van der Waals surface area contributed by atoms with E-state index in [0.29, 0.717) is 25.0 Å². The Morgan fingerprint density at radius 1 is 0.409 bits per heavy atom. The van der Waals surface area contributed by atoms with Gasteiger partial charge in [-0.1, -0.05) is 210 Å². The molecular formula is C74H101N9O5. The highest BCUT2D eigenvalue weighted by Crippen LogP contribution is 2.38. The Kier molecular flexibility index (Phi) is 31.7. The highest BCUT2D eigenvalue weighted by molar-refractivity contribution is 6.03. The fourth-order valence-electron chi connectivity index (χ4n) is 10.6. The molecule has 0 unspecified atom stereocenters. The molecule has 14 nitrogen and oxygen atoms in total. The minimum atomic E-state index is -0.520. The third kappa shape index (κ3) is 18.8. The van der Waals surface area contributed by atoms with Crippen molar-refractivity contribution in [1.82, 2.24) is 15.1 Å². The van der Waals surface area contributed by atoms with Gasteiger partial charge in [0.1, 0.15) is 6.07 Å². The van der Waals surface area contributed by atoms with Crippen molar-refractivity contribution in [3.8, 4) is 6.07 Å². The number of furan rings is 3. The van der Waals surface area contributed by atoms with Crippen LogP contribution < -0.4 is 31.5 Å². The molecule has 9 aromatic rings. The van der Waals surface area contributed by atoms with E-state index < -0.39 is 11.8 Å². The number of nitriles is 1. The van der Waals surface area contributed by atoms with Crippen molar-refractivity contribution in [2.75, 3.05) is 107 Å². The summed E-state index contributed by atoms with van der Waals surface area (Å²) in [5.74, 6) is -0.0721. The van der Waals surface area contributed by atoms with Gasteiger partial charge in [0.25, 0.3) is 11.8 Å². The summed E-state index contributed by atoms with van der Waals surface area (Å²) >= 11 is 0. The molecule has 0 saturated carbocycles. The molecule has 88 heavy (non-hydrogen) atoms. The molecule has 0 bridgehead atoms. The Hall–Kier alpha value is -8.35. The Labute approximate surface area is 526 Å². The number of para-hydroxylation sites is 3. The van der Waals surface area contributed by atoms with Gasteiger partial charge in [0, 0.05) is 131 Å². The first-order valence-electron chi connectivity index (χ1n) is 32.2. The fourth-order valence-corrected chi connectivity index (χ4v) is 10.6. The van der Waals surface area contributed by atoms with E-state index in [2.05, 4.69) is 86.4 Å². The monoisotopic (exact) mass is 1200 g/mol. The summed E-state index contributed by atoms with van der Waals surface area (Å²) < 4.78 is 18.0. The van der Waals surface area contributed by atoms with Crippen molar-refractivity contribution in [2.24, 2.45) is 11.5 Å². The maximum atomic E-state index is 12.0. The van der Waals surface area contributed by atoms with E-state index in [1.165, 1.54) is 5.56 Å². The molecule has 14 heteroatoms. The number of fused-ring (bicyclic) bond motifs is 3. The average molecular weight is 1200 g/mol. The minimum Gasteiger partial charge on any atom is -0.448 e. The average Bonchev–Trinajstić information content (AvgIpc) is 2.32. The summed E-state index contributed by atoms with van der Waals surface area (Å²) in [5, 5.41) is 15.9. The predicted molar refractivity (Wildman–Crippen MR) is 371 cm³/mol. The van der Waals surface area contributed by atoms with E-state index in [1.54, 1.807) is 0 Å². The number of rotatable bonds is 11. The van der Waals surface area contributed by atoms with E-state index in [9.17, 15) is 14.9 Å². The number of amides is 2. The molecule has 472 valence electrons. The zero-order valence-electron chi connectivity index (χ0n) is 55.3. The number of hydrogen-bond acceptors (Lipinski definition) is 12. The lowest BCUT2D eigenvalue weighted by atomic mass is 10.0. The van der Waals surface area contributed by atoms with Crippen LogP contribution in [-0.2, 0) is 19.3 Å². The number of anilines is 3. The number of hydrogen-bond donors (Lipinski definition) is 3. The van der Waals surface area contributed by atoms with Crippen molar-refractivity contribution in [3.63, 3.8) is 0 Å². The molecule has 3 aliphatic rings. The van der Waals surface area contributed by atoms with E-state index >= 15 is 0 Å². The number of benzene rings is 6. The lowest BCUT2D eigenvalue weighted by molar-refractivity contribution is 0.0967. The number of likely N-dealkylation sites (N-methyl/N-ethyl adjacent to an activating group) is 2. The van der Waals surface area contributed by atoms with Crippen LogP contribution in [0.3, 0.4) is 0 Å². The van der Waals surface area contributed by atoms with Crippen LogP contribution in [0, 0.1) is 11.3 Å². The molecule has 6 aromatic carbocycles. The molecule has 3 saturated heterocycles. The van der Waals surface area contributed by atoms with Gasteiger partial charge in [0.2, 0.25) is 5.76 Å². The lowest BCUT2D eigenvalue weighted by Gasteiger charge is -2.33. The summed E-state index contributed by atoms with van der Waals surface area (Å²) in [6.45, 7) is 35.7. The second kappa shape index (κ2) is 38.7. The zero-order valence-corrected chi connectivity index (χ0v) is 55.3. The molecular weight excluding hydrogens is 1090 g/mol. The van der Waals surface area contributed by atoms with Crippen molar-refractivity contribution >= 4 is 61.8 Å². The van der Waals surface area contributed by atoms with Crippen LogP contribution in [0.15, 0.2) is 159 Å². The fraction of sp³-hybridized carbons (Fsp3) is 0.392. The van der Waals surface area contributed by atoms with Gasteiger partial charge in [-0.15, -0.1) is 0 Å². The number of carbonyl (C=O) groups excluding carboxylic acids is 2. The molecule has 0 aliphatic carbocycles. The van der Waals surface area contributed by atoms with Crippen LogP contribution in [-0.4, -0.2) is 114 Å². The molecule has 5 N–H and O–H groups in total. The van der Waals surface area contributed by atoms with Gasteiger partial charge in [-0.05, 0) is 49.0 Å². The number of nitrogens with zero attached hydrogens (tertiary/aromatic N) is 6. The normalized spacial score (nSPS) is 13.6. The van der Waals surface area contributed by atoms with Crippen LogP contribution in [0.25, 0.3) is 32.9 Å². The Morgan fingerprint density at radius 3 is 1.02 bits per heavy atom. The topological polar surface area (TPSA) is 178 Å². The highest BCUT2D eigenvalue weighted by Gasteiger charge is 2.26. The van der Waals surface area contributed by atoms with E-state index in [-0.39, 0.29) is 11.5 Å². The maximum Gasteiger partial charge on any atom is 0.284 e. The molecule has 6 heterocycles. The minimum absolute atomic E-state index is 0.265. The second-order valence-corrected chi connectivity index (χ2v) is 19.8. The quantitative estimate of drug-likeness (QED) is 0.112. The highest BCUT2D eigenvalue weighted by atomic mass is 16.4. The van der Waals surface area contributed by atoms with Gasteiger partial charge in [-0.3, -0.25) is 9.59 Å². The van der Waals surface area contributed by atoms with Gasteiger partial charge in [0.05, 0.1) is 17.1 Å². The van der Waals surface area contributed by atoms with Gasteiger partial charge in [-0.2, -0.15) is 5.26 Å². The van der Waals surface area contributed by atoms with Gasteiger partial charge < -0.3 is 54.5 Å². The maximum absolute atomic E-state index is 12.0. The molecule has 3 fully saturated rings. The molecule has 3 aromatic heterocycles. The number of piperazine rings is 3. The molecule has 2 amide bonds. The largest absolute Gasteiger partial charge is 0.448 e. The lowest BCUT2D eigenvalue weighted by Crippen LogP contribution is -2.44. The van der Waals surface area contributed by atoms with Crippen molar-refractivity contribution in [1.29, 1.82) is 5.26 Å². The smallest absolute Gasteiger partial charge is 0.284 e. The van der Waals surface area contributed by atoms with Crippen LogP contribution in [0.2, 0.25) is 0 Å². The van der Waals surface area contributed by atoms with Crippen LogP contribution in [0.4, 0.5) is 17.1 Å². The first kappa shape index (κ1) is 72.1. The molecule has 0 radical (unpaired) electrons. The van der Waals surface area contributed by atoms with E-state index in [1.807, 2.05) is 192 Å². The summed E-state index contributed by atoms with van der Waals surface area (Å²) in [7, 11) is 4.28. The summed E-state index contributed by atoms with van der Waals surface area (Å²) in [5.41, 5.74) is 22.9. The van der Waals surface area contributed by atoms with E-state index in [4.69, 9.17) is 24.7 Å². The van der Waals surface area contributed by atoms with Crippen molar-refractivity contribution < 1.29 is 22.8 Å². The Balaban J connectivity index is 0.000000260. The van der Waals surface area contributed by atoms with Gasteiger partial charge >= 0.3 is 0 Å². The first-order chi connectivity index (χ1) is 43.1. The summed E-state index contributed by atoms with van der Waals surface area (Å²) in [6, 6.07) is 51.1. The number of primary amides is 2. The number of carbonyl (C=O) groups is 2. The molecule has 12 rings (SSSR count). The third-order valence-corrected chi connectivity index (χ3v) is 14.8. The first-order valence-corrected chi connectivity index (χ1v) is 32.2. The molecule has 0 atom stereocenters. The van der Waals surface area contributed by atoms with Crippen molar-refractivity contribution in [3.05, 3.63) is 196 Å². The third-order valence-electron chi connectivity index (χ3n) is 14.8. The Morgan fingerprint density at radius 2 is 0.705 bits per heavy atom. The predicted octanol–water partition coefficient (Wildman–Crippen LogP) is 15.2. The second-order valence-electron chi connectivity index (χ2n) is 19.8. The van der Waals surface area contributed by atoms with E-state index in [0.717, 1.165) is 156 Å². The standard InChI is InChI=1S/C21H23N3O2.C21H21N3O.C20H21N3O2.6C2H6/c1-23-10-12-24(13-11-23)18-9-5-8-16-17(14-15-6-3-2-4-7-15)20(21(22)25)26-19(16)18;1-23-10-12-24(13-11-23)19-9-5-8-17-18(20(15-22)25-21(17)19)14-16-6-3-2-4-7-16;21-20(24)19-16(13-14-5-2-1-3-6-14)15-7-4-8-17(18(15)25-19)23-11-9-22-10-12-23;6*1-2/h2-9H,10-14H2,1H3,(H2,22,25);2-9H,10-14H2,1H3;1-8,22H,9-13H2,(H2,21,24);6*1-2H3. The van der Waals surface area contributed by atoms with Crippen molar-refractivity contribution in [2.45, 2.75) is 102 Å². The van der Waals surface area contributed by atoms with Crippen LogP contribution >= 0.6 is 0 Å². The molecule has 3 aliphatic heterocycles. The van der Waals surface area contributed by atoms with Gasteiger partial charge in [0.15, 0.2) is 28.3 Å².